The number of rotatable bonds is 9. The molecule has 1 heterocycles. The normalized spacial score (nSPS) is 11.6. The first-order chi connectivity index (χ1) is 13.5. The van der Waals surface area contributed by atoms with E-state index in [2.05, 4.69) is 4.18 Å². The molecule has 0 fully saturated rings. The molecule has 0 bridgehead atoms. The van der Waals surface area contributed by atoms with Crippen LogP contribution < -0.4 is 0 Å². The topological polar surface area (TPSA) is 140 Å². The third kappa shape index (κ3) is 4.78. The molecule has 29 heavy (non-hydrogen) atoms. The average molecular weight is 464 g/mol. The van der Waals surface area contributed by atoms with Gasteiger partial charge in [0.1, 0.15) is 10.0 Å². The Morgan fingerprint density at radius 3 is 2.28 bits per heavy atom. The molecular weight excluding hydrogens is 449 g/mol. The van der Waals surface area contributed by atoms with Crippen molar-refractivity contribution in [1.29, 1.82) is 0 Å². The first-order valence-electron chi connectivity index (χ1n) is 7.95. The van der Waals surface area contributed by atoms with Gasteiger partial charge in [0, 0.05) is 12.1 Å². The van der Waals surface area contributed by atoms with E-state index in [1.165, 1.54) is 30.3 Å². The van der Waals surface area contributed by atoms with Gasteiger partial charge < -0.3 is 14.8 Å². The quantitative estimate of drug-likeness (QED) is 0.328. The van der Waals surface area contributed by atoms with Crippen LogP contribution in [-0.4, -0.2) is 48.0 Å². The number of carbonyl (C=O) groups is 3. The van der Waals surface area contributed by atoms with Gasteiger partial charge in [0.2, 0.25) is 5.78 Å². The van der Waals surface area contributed by atoms with Crippen molar-refractivity contribution in [2.24, 2.45) is 5.92 Å². The van der Waals surface area contributed by atoms with Crippen molar-refractivity contribution in [3.63, 3.8) is 0 Å². The molecule has 2 aromatic rings. The number of aromatic nitrogens is 1. The monoisotopic (exact) mass is 463 g/mol. The van der Waals surface area contributed by atoms with Crippen molar-refractivity contribution in [2.75, 3.05) is 7.11 Å². The van der Waals surface area contributed by atoms with Crippen molar-refractivity contribution >= 4 is 51.0 Å². The first-order valence-corrected chi connectivity index (χ1v) is 10.1. The maximum absolute atomic E-state index is 13.0. The van der Waals surface area contributed by atoms with Gasteiger partial charge in [-0.15, -0.1) is 0 Å². The van der Waals surface area contributed by atoms with Crippen LogP contribution in [0.25, 0.3) is 0 Å². The summed E-state index contributed by atoms with van der Waals surface area (Å²) in [7, 11) is -3.25. The zero-order chi connectivity index (χ0) is 21.9. The van der Waals surface area contributed by atoms with Gasteiger partial charge in [0.25, 0.3) is 10.1 Å². The SMILES string of the molecule is COS(=O)(=O)c1ccccc1C(=O)c1cc(Cl)c(Cl)n1CCC(C(=O)O)C(=O)O. The molecule has 0 saturated heterocycles. The van der Waals surface area contributed by atoms with Gasteiger partial charge in [-0.25, -0.2) is 0 Å². The molecule has 2 rings (SSSR count). The number of halogens is 2. The summed E-state index contributed by atoms with van der Waals surface area (Å²) in [6.45, 7) is -0.255. The van der Waals surface area contributed by atoms with Crippen LogP contribution in [0.2, 0.25) is 10.2 Å². The van der Waals surface area contributed by atoms with Crippen molar-refractivity contribution in [2.45, 2.75) is 17.9 Å². The molecule has 0 unspecified atom stereocenters. The van der Waals surface area contributed by atoms with Gasteiger partial charge in [0.15, 0.2) is 5.92 Å². The predicted molar refractivity (Wildman–Crippen MR) is 102 cm³/mol. The lowest BCUT2D eigenvalue weighted by atomic mass is 10.1. The molecule has 0 aliphatic carbocycles. The lowest BCUT2D eigenvalue weighted by molar-refractivity contribution is -0.154. The molecule has 0 spiro atoms. The molecular formula is C17H15Cl2NO8S. The van der Waals surface area contributed by atoms with E-state index < -0.39 is 33.8 Å². The smallest absolute Gasteiger partial charge is 0.317 e. The number of aliphatic carboxylic acids is 2. The highest BCUT2D eigenvalue weighted by Crippen LogP contribution is 2.30. The number of carboxylic acids is 2. The van der Waals surface area contributed by atoms with Crippen LogP contribution in [0.5, 0.6) is 0 Å². The number of hydrogen-bond donors (Lipinski definition) is 2. The van der Waals surface area contributed by atoms with Crippen molar-refractivity contribution < 1.29 is 37.2 Å². The second-order valence-corrected chi connectivity index (χ2v) is 8.23. The minimum absolute atomic E-state index is 0.0377. The van der Waals surface area contributed by atoms with Crippen molar-refractivity contribution in [3.8, 4) is 0 Å². The van der Waals surface area contributed by atoms with E-state index in [1.807, 2.05) is 0 Å². The summed E-state index contributed by atoms with van der Waals surface area (Å²) in [5.41, 5.74) is -0.345. The Kier molecular flexibility index (Phi) is 7.06. The Morgan fingerprint density at radius 2 is 1.72 bits per heavy atom. The Morgan fingerprint density at radius 1 is 1.14 bits per heavy atom. The molecule has 12 heteroatoms. The summed E-state index contributed by atoms with van der Waals surface area (Å²) in [5.74, 6) is -5.58. The number of hydrogen-bond acceptors (Lipinski definition) is 6. The van der Waals surface area contributed by atoms with Crippen molar-refractivity contribution in [3.05, 3.63) is 51.8 Å². The van der Waals surface area contributed by atoms with Crippen LogP contribution in [0.1, 0.15) is 22.5 Å². The van der Waals surface area contributed by atoms with Gasteiger partial charge in [-0.05, 0) is 24.6 Å². The van der Waals surface area contributed by atoms with E-state index in [0.29, 0.717) is 0 Å². The largest absolute Gasteiger partial charge is 0.481 e. The van der Waals surface area contributed by atoms with Crippen LogP contribution >= 0.6 is 23.2 Å². The maximum Gasteiger partial charge on any atom is 0.317 e. The average Bonchev–Trinajstić information content (AvgIpc) is 2.95. The summed E-state index contributed by atoms with van der Waals surface area (Å²) in [6, 6.07) is 6.51. The van der Waals surface area contributed by atoms with E-state index >= 15 is 0 Å². The fraction of sp³-hybridized carbons (Fsp3) is 0.235. The summed E-state index contributed by atoms with van der Waals surface area (Å²) in [6.07, 6.45) is -0.381. The Bertz CT molecular complexity index is 1060. The molecule has 0 atom stereocenters. The lowest BCUT2D eigenvalue weighted by Crippen LogP contribution is -2.25. The maximum atomic E-state index is 13.0. The minimum atomic E-state index is -4.20. The molecule has 0 aliphatic rings. The lowest BCUT2D eigenvalue weighted by Gasteiger charge is -2.13. The molecule has 0 aliphatic heterocycles. The minimum Gasteiger partial charge on any atom is -0.481 e. The number of benzene rings is 1. The molecule has 0 radical (unpaired) electrons. The Hall–Kier alpha value is -2.40. The zero-order valence-corrected chi connectivity index (χ0v) is 17.2. The van der Waals surface area contributed by atoms with E-state index in [-0.39, 0.29) is 39.3 Å². The van der Waals surface area contributed by atoms with E-state index in [4.69, 9.17) is 33.4 Å². The van der Waals surface area contributed by atoms with E-state index in [9.17, 15) is 22.8 Å². The molecule has 9 nitrogen and oxygen atoms in total. The second-order valence-electron chi connectivity index (χ2n) is 5.78. The number of carbonyl (C=O) groups excluding carboxylic acids is 1. The standard InChI is InChI=1S/C17H15Cl2NO8S/c1-28-29(26,27)13-5-3-2-4-9(13)14(21)12-8-11(18)15(19)20(12)7-6-10(16(22)23)17(24)25/h2-5,8,10H,6-7H2,1H3,(H,22,23)(H,24,25). The predicted octanol–water partition coefficient (Wildman–Crippen LogP) is 2.54. The summed E-state index contributed by atoms with van der Waals surface area (Å²) in [4.78, 5) is 34.8. The molecule has 2 N–H and O–H groups in total. The second kappa shape index (κ2) is 8.95. The van der Waals surface area contributed by atoms with Crippen molar-refractivity contribution in [1.82, 2.24) is 4.57 Å². The van der Waals surface area contributed by atoms with Crippen LogP contribution in [0.4, 0.5) is 0 Å². The first kappa shape index (κ1) is 22.9. The van der Waals surface area contributed by atoms with Gasteiger partial charge >= 0.3 is 11.9 Å². The van der Waals surface area contributed by atoms with Crippen LogP contribution in [0.15, 0.2) is 35.2 Å². The number of nitrogens with zero attached hydrogens (tertiary/aromatic N) is 1. The third-order valence-corrected chi connectivity index (χ3v) is 6.20. The number of ketones is 1. The third-order valence-electron chi connectivity index (χ3n) is 4.08. The van der Waals surface area contributed by atoms with E-state index in [1.54, 1.807) is 0 Å². The highest BCUT2D eigenvalue weighted by atomic mass is 35.5. The fourth-order valence-electron chi connectivity index (χ4n) is 2.61. The Balaban J connectivity index is 2.50. The summed E-state index contributed by atoms with van der Waals surface area (Å²) < 4.78 is 29.8. The van der Waals surface area contributed by atoms with Gasteiger partial charge in [0.05, 0.1) is 17.8 Å². The molecule has 0 amide bonds. The van der Waals surface area contributed by atoms with Gasteiger partial charge in [-0.3, -0.25) is 18.6 Å². The van der Waals surface area contributed by atoms with Crippen LogP contribution in [0, 0.1) is 5.92 Å². The fourth-order valence-corrected chi connectivity index (χ4v) is 3.90. The molecule has 1 aromatic heterocycles. The van der Waals surface area contributed by atoms with Crippen LogP contribution in [0.3, 0.4) is 0 Å². The van der Waals surface area contributed by atoms with E-state index in [0.717, 1.165) is 11.7 Å². The molecule has 156 valence electrons. The molecule has 0 saturated carbocycles. The summed E-state index contributed by atoms with van der Waals surface area (Å²) >= 11 is 12.1. The highest BCUT2D eigenvalue weighted by molar-refractivity contribution is 7.86. The Labute approximate surface area is 175 Å². The number of carboxylic acid groups (broad SMARTS) is 2. The van der Waals surface area contributed by atoms with Gasteiger partial charge in [-0.1, -0.05) is 35.3 Å². The zero-order valence-electron chi connectivity index (χ0n) is 14.8. The summed E-state index contributed by atoms with van der Waals surface area (Å²) in [5, 5.41) is 17.9. The van der Waals surface area contributed by atoms with Gasteiger partial charge in [-0.2, -0.15) is 8.42 Å². The van der Waals surface area contributed by atoms with Crippen LogP contribution in [-0.2, 0) is 30.4 Å². The molecule has 1 aromatic carbocycles. The highest BCUT2D eigenvalue weighted by Gasteiger charge is 2.29.